The van der Waals surface area contributed by atoms with Crippen molar-refractivity contribution < 1.29 is 9.59 Å². The molecule has 0 atom stereocenters. The molecule has 0 aromatic carbocycles. The zero-order valence-corrected chi connectivity index (χ0v) is 10.2. The predicted octanol–water partition coefficient (Wildman–Crippen LogP) is 2.39. The van der Waals surface area contributed by atoms with Gasteiger partial charge in [0.25, 0.3) is 0 Å². The van der Waals surface area contributed by atoms with Crippen molar-refractivity contribution in [2.45, 2.75) is 52.9 Å². The van der Waals surface area contributed by atoms with Gasteiger partial charge in [-0.05, 0) is 6.42 Å². The molecule has 0 aliphatic rings. The Morgan fingerprint density at radius 3 is 2.13 bits per heavy atom. The minimum absolute atomic E-state index is 0.160. The highest BCUT2D eigenvalue weighted by atomic mass is 16.2. The van der Waals surface area contributed by atoms with Gasteiger partial charge in [0.15, 0.2) is 0 Å². The number of Topliss-reactive ketones (excluding diaryl/α,β-unsaturated/α-hetero) is 1. The molecule has 0 saturated carbocycles. The van der Waals surface area contributed by atoms with E-state index in [2.05, 4.69) is 6.92 Å². The minimum atomic E-state index is 0.160. The molecule has 0 spiro atoms. The van der Waals surface area contributed by atoms with Crippen molar-refractivity contribution in [3.63, 3.8) is 0 Å². The summed E-state index contributed by atoms with van der Waals surface area (Å²) < 4.78 is 0. The molecule has 1 amide bonds. The van der Waals surface area contributed by atoms with Crippen LogP contribution in [0.3, 0.4) is 0 Å². The van der Waals surface area contributed by atoms with Crippen LogP contribution in [0.2, 0.25) is 0 Å². The van der Waals surface area contributed by atoms with Crippen LogP contribution in [0.15, 0.2) is 0 Å². The van der Waals surface area contributed by atoms with Crippen molar-refractivity contribution >= 4 is 11.7 Å². The molecule has 88 valence electrons. The lowest BCUT2D eigenvalue weighted by molar-refractivity contribution is -0.131. The van der Waals surface area contributed by atoms with Gasteiger partial charge in [0.05, 0.1) is 0 Å². The number of amides is 1. The highest BCUT2D eigenvalue weighted by Crippen LogP contribution is 2.01. The maximum absolute atomic E-state index is 11.5. The first-order valence-electron chi connectivity index (χ1n) is 5.95. The van der Waals surface area contributed by atoms with Gasteiger partial charge < -0.3 is 4.90 Å². The van der Waals surface area contributed by atoms with Gasteiger partial charge in [0, 0.05) is 32.4 Å². The van der Waals surface area contributed by atoms with Gasteiger partial charge in [-0.1, -0.05) is 27.2 Å². The summed E-state index contributed by atoms with van der Waals surface area (Å²) in [5, 5.41) is 0. The zero-order valence-electron chi connectivity index (χ0n) is 10.2. The lowest BCUT2D eigenvalue weighted by Crippen LogP contribution is -2.33. The molecular weight excluding hydrogens is 190 g/mol. The van der Waals surface area contributed by atoms with E-state index in [1.165, 1.54) is 0 Å². The van der Waals surface area contributed by atoms with Gasteiger partial charge in [-0.15, -0.1) is 0 Å². The van der Waals surface area contributed by atoms with Crippen LogP contribution in [0, 0.1) is 0 Å². The summed E-state index contributed by atoms with van der Waals surface area (Å²) in [4.78, 5) is 24.5. The number of hydrogen-bond donors (Lipinski definition) is 0. The SMILES string of the molecule is CCCCN(CCC(=O)CC)C(=O)CC. The molecule has 0 fully saturated rings. The summed E-state index contributed by atoms with van der Waals surface area (Å²) in [7, 11) is 0. The number of nitrogens with zero attached hydrogens (tertiary/aromatic N) is 1. The number of carbonyl (C=O) groups excluding carboxylic acids is 2. The summed E-state index contributed by atoms with van der Waals surface area (Å²) in [5.74, 6) is 0.396. The number of ketones is 1. The molecular formula is C12H23NO2. The standard InChI is InChI=1S/C12H23NO2/c1-4-7-9-13(12(15)6-3)10-8-11(14)5-2/h4-10H2,1-3H3. The minimum Gasteiger partial charge on any atom is -0.342 e. The third kappa shape index (κ3) is 6.26. The van der Waals surface area contributed by atoms with Crippen LogP contribution in [0.5, 0.6) is 0 Å². The first-order chi connectivity index (χ1) is 7.15. The van der Waals surface area contributed by atoms with Gasteiger partial charge in [-0.25, -0.2) is 0 Å². The Labute approximate surface area is 92.8 Å². The van der Waals surface area contributed by atoms with Crippen molar-refractivity contribution in [2.24, 2.45) is 0 Å². The van der Waals surface area contributed by atoms with Gasteiger partial charge in [-0.3, -0.25) is 9.59 Å². The van der Waals surface area contributed by atoms with E-state index >= 15 is 0 Å². The van der Waals surface area contributed by atoms with Crippen LogP contribution in [0.4, 0.5) is 0 Å². The van der Waals surface area contributed by atoms with Crippen LogP contribution >= 0.6 is 0 Å². The van der Waals surface area contributed by atoms with E-state index in [-0.39, 0.29) is 11.7 Å². The fourth-order valence-electron chi connectivity index (χ4n) is 1.37. The maximum atomic E-state index is 11.5. The molecule has 0 rings (SSSR count). The van der Waals surface area contributed by atoms with Crippen molar-refractivity contribution in [1.29, 1.82) is 0 Å². The summed E-state index contributed by atoms with van der Waals surface area (Å²) >= 11 is 0. The molecule has 0 radical (unpaired) electrons. The summed E-state index contributed by atoms with van der Waals surface area (Å²) in [6, 6.07) is 0. The lowest BCUT2D eigenvalue weighted by Gasteiger charge is -2.21. The van der Waals surface area contributed by atoms with E-state index in [1.54, 1.807) is 0 Å². The number of rotatable bonds is 8. The van der Waals surface area contributed by atoms with E-state index < -0.39 is 0 Å². The fourth-order valence-corrected chi connectivity index (χ4v) is 1.37. The van der Waals surface area contributed by atoms with Crippen LogP contribution in [0.1, 0.15) is 52.9 Å². The Kier molecular flexibility index (Phi) is 7.96. The van der Waals surface area contributed by atoms with Crippen molar-refractivity contribution in [3.05, 3.63) is 0 Å². The Morgan fingerprint density at radius 1 is 1.00 bits per heavy atom. The largest absolute Gasteiger partial charge is 0.342 e. The molecule has 15 heavy (non-hydrogen) atoms. The molecule has 3 nitrogen and oxygen atoms in total. The van der Waals surface area contributed by atoms with Crippen molar-refractivity contribution in [1.82, 2.24) is 4.90 Å². The normalized spacial score (nSPS) is 10.1. The average Bonchev–Trinajstić information content (AvgIpc) is 2.27. The van der Waals surface area contributed by atoms with E-state index in [9.17, 15) is 9.59 Å². The van der Waals surface area contributed by atoms with Crippen LogP contribution in [-0.4, -0.2) is 29.7 Å². The third-order valence-electron chi connectivity index (χ3n) is 2.49. The molecule has 0 aliphatic heterocycles. The van der Waals surface area contributed by atoms with E-state index in [4.69, 9.17) is 0 Å². The van der Waals surface area contributed by atoms with Crippen LogP contribution in [-0.2, 0) is 9.59 Å². The third-order valence-corrected chi connectivity index (χ3v) is 2.49. The average molecular weight is 213 g/mol. The molecule has 3 heteroatoms. The Morgan fingerprint density at radius 2 is 1.67 bits per heavy atom. The van der Waals surface area contributed by atoms with Gasteiger partial charge >= 0.3 is 0 Å². The molecule has 0 bridgehead atoms. The highest BCUT2D eigenvalue weighted by molar-refractivity contribution is 5.80. The Bertz CT molecular complexity index is 202. The molecule has 0 unspecified atom stereocenters. The van der Waals surface area contributed by atoms with Crippen molar-refractivity contribution in [3.8, 4) is 0 Å². The topological polar surface area (TPSA) is 37.4 Å². The second-order valence-electron chi connectivity index (χ2n) is 3.73. The van der Waals surface area contributed by atoms with Gasteiger partial charge in [-0.2, -0.15) is 0 Å². The monoisotopic (exact) mass is 213 g/mol. The Balaban J connectivity index is 4.00. The molecule has 0 saturated heterocycles. The Hall–Kier alpha value is -0.860. The molecule has 0 aromatic rings. The summed E-state index contributed by atoms with van der Waals surface area (Å²) in [6.45, 7) is 7.22. The fraction of sp³-hybridized carbons (Fsp3) is 0.833. The van der Waals surface area contributed by atoms with E-state index in [0.717, 1.165) is 19.4 Å². The van der Waals surface area contributed by atoms with Crippen LogP contribution in [0.25, 0.3) is 0 Å². The molecule has 0 heterocycles. The first-order valence-corrected chi connectivity index (χ1v) is 5.95. The van der Waals surface area contributed by atoms with Crippen molar-refractivity contribution in [2.75, 3.05) is 13.1 Å². The predicted molar refractivity (Wildman–Crippen MR) is 61.7 cm³/mol. The first kappa shape index (κ1) is 14.1. The quantitative estimate of drug-likeness (QED) is 0.621. The van der Waals surface area contributed by atoms with Gasteiger partial charge in [0.1, 0.15) is 5.78 Å². The molecule has 0 aromatic heterocycles. The van der Waals surface area contributed by atoms with E-state index in [1.807, 2.05) is 18.7 Å². The maximum Gasteiger partial charge on any atom is 0.222 e. The van der Waals surface area contributed by atoms with E-state index in [0.29, 0.717) is 25.8 Å². The second-order valence-corrected chi connectivity index (χ2v) is 3.73. The smallest absolute Gasteiger partial charge is 0.222 e. The summed E-state index contributed by atoms with van der Waals surface area (Å²) in [5.41, 5.74) is 0. The number of hydrogen-bond acceptors (Lipinski definition) is 2. The molecule has 0 N–H and O–H groups in total. The zero-order chi connectivity index (χ0) is 11.7. The second kappa shape index (κ2) is 8.45. The molecule has 0 aliphatic carbocycles. The lowest BCUT2D eigenvalue weighted by atomic mass is 10.2. The number of carbonyl (C=O) groups is 2. The van der Waals surface area contributed by atoms with Gasteiger partial charge in [0.2, 0.25) is 5.91 Å². The summed E-state index contributed by atoms with van der Waals surface area (Å²) in [6.07, 6.45) is 3.71. The highest BCUT2D eigenvalue weighted by Gasteiger charge is 2.11. The number of unbranched alkanes of at least 4 members (excludes halogenated alkanes) is 1. The van der Waals surface area contributed by atoms with Crippen LogP contribution < -0.4 is 0 Å².